The number of likely N-dealkylation sites (tertiary alicyclic amines) is 1. The predicted octanol–water partition coefficient (Wildman–Crippen LogP) is 0.999. The third-order valence-corrected chi connectivity index (χ3v) is 4.14. The molecule has 2 heterocycles. The second-order valence-corrected chi connectivity index (χ2v) is 5.66. The zero-order valence-electron chi connectivity index (χ0n) is 12.7. The van der Waals surface area contributed by atoms with Crippen LogP contribution in [0.25, 0.3) is 0 Å². The van der Waals surface area contributed by atoms with Gasteiger partial charge in [-0.1, -0.05) is 17.2 Å². The second kappa shape index (κ2) is 5.83. The fraction of sp³-hybridized carbons (Fsp3) is 0.375. The first kappa shape index (κ1) is 15.2. The predicted molar refractivity (Wildman–Crippen MR) is 78.0 cm³/mol. The molecule has 1 atom stereocenters. The van der Waals surface area contributed by atoms with Gasteiger partial charge in [-0.3, -0.25) is 14.4 Å². The summed E-state index contributed by atoms with van der Waals surface area (Å²) in [6, 6.07) is 6.31. The smallest absolute Gasteiger partial charge is 0.338 e. The van der Waals surface area contributed by atoms with E-state index in [4.69, 9.17) is 4.84 Å². The number of nitrogens with zero attached hydrogens (tertiary/aromatic N) is 2. The lowest BCUT2D eigenvalue weighted by atomic mass is 9.98. The molecule has 0 radical (unpaired) electrons. The standard InChI is InChI=1S/C16H16N2O5/c1-10(19)17-8-4-5-11(9-17)16(22)23-18-14(20)12-6-2-3-7-13(12)15(18)21/h2-3,6-7,11H,4-5,8-9H2,1H3. The molecule has 3 rings (SSSR count). The first-order valence-corrected chi connectivity index (χ1v) is 7.44. The van der Waals surface area contributed by atoms with Crippen molar-refractivity contribution >= 4 is 23.7 Å². The highest BCUT2D eigenvalue weighted by Crippen LogP contribution is 2.25. The van der Waals surface area contributed by atoms with Crippen molar-refractivity contribution in [2.24, 2.45) is 5.92 Å². The summed E-state index contributed by atoms with van der Waals surface area (Å²) < 4.78 is 0. The molecule has 0 saturated carbocycles. The number of hydroxylamine groups is 2. The quantitative estimate of drug-likeness (QED) is 0.760. The minimum absolute atomic E-state index is 0.108. The van der Waals surface area contributed by atoms with Crippen LogP contribution in [0.2, 0.25) is 0 Å². The van der Waals surface area contributed by atoms with E-state index in [2.05, 4.69) is 0 Å². The van der Waals surface area contributed by atoms with E-state index in [-0.39, 0.29) is 23.6 Å². The molecule has 120 valence electrons. The molecule has 7 nitrogen and oxygen atoms in total. The molecule has 2 aliphatic rings. The van der Waals surface area contributed by atoms with Crippen LogP contribution in [-0.2, 0) is 14.4 Å². The molecule has 0 N–H and O–H groups in total. The average molecular weight is 316 g/mol. The SMILES string of the molecule is CC(=O)N1CCCC(C(=O)ON2C(=O)c3ccccc3C2=O)C1. The van der Waals surface area contributed by atoms with Crippen LogP contribution in [0, 0.1) is 5.92 Å². The van der Waals surface area contributed by atoms with E-state index in [1.54, 1.807) is 17.0 Å². The highest BCUT2D eigenvalue weighted by molar-refractivity contribution is 6.20. The maximum Gasteiger partial charge on any atom is 0.338 e. The summed E-state index contributed by atoms with van der Waals surface area (Å²) in [5, 5.41) is 0.514. The molecule has 1 aromatic rings. The summed E-state index contributed by atoms with van der Waals surface area (Å²) in [6.07, 6.45) is 1.24. The van der Waals surface area contributed by atoms with Gasteiger partial charge in [-0.25, -0.2) is 4.79 Å². The minimum Gasteiger partial charge on any atom is -0.342 e. The number of hydrogen-bond acceptors (Lipinski definition) is 5. The Labute approximate surface area is 132 Å². The summed E-state index contributed by atoms with van der Waals surface area (Å²) in [7, 11) is 0. The molecule has 7 heteroatoms. The van der Waals surface area contributed by atoms with Gasteiger partial charge in [-0.2, -0.15) is 0 Å². The van der Waals surface area contributed by atoms with Crippen molar-refractivity contribution in [3.8, 4) is 0 Å². The van der Waals surface area contributed by atoms with Gasteiger partial charge in [0.1, 0.15) is 0 Å². The van der Waals surface area contributed by atoms with E-state index in [0.29, 0.717) is 24.4 Å². The Morgan fingerprint density at radius 1 is 1.13 bits per heavy atom. The van der Waals surface area contributed by atoms with Gasteiger partial charge >= 0.3 is 5.97 Å². The van der Waals surface area contributed by atoms with Gasteiger partial charge in [0, 0.05) is 20.0 Å². The fourth-order valence-electron chi connectivity index (χ4n) is 2.87. The van der Waals surface area contributed by atoms with E-state index in [9.17, 15) is 19.2 Å². The molecule has 23 heavy (non-hydrogen) atoms. The van der Waals surface area contributed by atoms with E-state index in [0.717, 1.165) is 0 Å². The Morgan fingerprint density at radius 2 is 1.74 bits per heavy atom. The van der Waals surface area contributed by atoms with Crippen LogP contribution < -0.4 is 0 Å². The van der Waals surface area contributed by atoms with Crippen molar-refractivity contribution in [3.63, 3.8) is 0 Å². The molecule has 0 spiro atoms. The number of benzene rings is 1. The Morgan fingerprint density at radius 3 is 2.30 bits per heavy atom. The van der Waals surface area contributed by atoms with E-state index in [1.807, 2.05) is 0 Å². The van der Waals surface area contributed by atoms with Gasteiger partial charge in [-0.15, -0.1) is 0 Å². The first-order chi connectivity index (χ1) is 11.0. The van der Waals surface area contributed by atoms with Crippen molar-refractivity contribution < 1.29 is 24.0 Å². The molecule has 1 saturated heterocycles. The lowest BCUT2D eigenvalue weighted by molar-refractivity contribution is -0.175. The molecular weight excluding hydrogens is 300 g/mol. The van der Waals surface area contributed by atoms with E-state index >= 15 is 0 Å². The van der Waals surface area contributed by atoms with Crippen LogP contribution >= 0.6 is 0 Å². The number of imide groups is 1. The second-order valence-electron chi connectivity index (χ2n) is 5.66. The maximum absolute atomic E-state index is 12.3. The summed E-state index contributed by atoms with van der Waals surface area (Å²) in [5.41, 5.74) is 0.443. The first-order valence-electron chi connectivity index (χ1n) is 7.44. The number of amides is 3. The average Bonchev–Trinajstić information content (AvgIpc) is 2.80. The normalized spacial score (nSPS) is 20.5. The molecular formula is C16H16N2O5. The van der Waals surface area contributed by atoms with Gasteiger partial charge in [0.15, 0.2) is 0 Å². The molecule has 1 unspecified atom stereocenters. The molecule has 1 fully saturated rings. The number of fused-ring (bicyclic) bond motifs is 1. The number of rotatable bonds is 2. The Hall–Kier alpha value is -2.70. The van der Waals surface area contributed by atoms with Gasteiger partial charge in [0.25, 0.3) is 11.8 Å². The maximum atomic E-state index is 12.3. The summed E-state index contributed by atoms with van der Waals surface area (Å²) >= 11 is 0. The van der Waals surface area contributed by atoms with Crippen LogP contribution in [0.4, 0.5) is 0 Å². The fourth-order valence-corrected chi connectivity index (χ4v) is 2.87. The highest BCUT2D eigenvalue weighted by atomic mass is 16.7. The molecule has 0 bridgehead atoms. The molecule has 1 aromatic carbocycles. The van der Waals surface area contributed by atoms with E-state index in [1.165, 1.54) is 19.1 Å². The zero-order valence-corrected chi connectivity index (χ0v) is 12.7. The number of carbonyl (C=O) groups is 4. The summed E-state index contributed by atoms with van der Waals surface area (Å²) in [4.78, 5) is 54.6. The Balaban J connectivity index is 1.71. The van der Waals surface area contributed by atoms with Gasteiger partial charge < -0.3 is 9.74 Å². The van der Waals surface area contributed by atoms with Crippen molar-refractivity contribution in [1.82, 2.24) is 9.96 Å². The largest absolute Gasteiger partial charge is 0.342 e. The lowest BCUT2D eigenvalue weighted by Crippen LogP contribution is -2.44. The topological polar surface area (TPSA) is 84.0 Å². The van der Waals surface area contributed by atoms with Crippen molar-refractivity contribution in [2.75, 3.05) is 13.1 Å². The van der Waals surface area contributed by atoms with Gasteiger partial charge in [-0.05, 0) is 25.0 Å². The van der Waals surface area contributed by atoms with E-state index < -0.39 is 23.7 Å². The van der Waals surface area contributed by atoms with Crippen LogP contribution in [0.1, 0.15) is 40.5 Å². The number of piperidine rings is 1. The monoisotopic (exact) mass is 316 g/mol. The molecule has 0 aromatic heterocycles. The van der Waals surface area contributed by atoms with Crippen molar-refractivity contribution in [3.05, 3.63) is 35.4 Å². The van der Waals surface area contributed by atoms with Crippen LogP contribution in [0.5, 0.6) is 0 Å². The Bertz CT molecular complexity index is 664. The summed E-state index contributed by atoms with van der Waals surface area (Å²) in [5.74, 6) is -2.58. The lowest BCUT2D eigenvalue weighted by Gasteiger charge is -2.31. The molecule has 0 aliphatic carbocycles. The van der Waals surface area contributed by atoms with Gasteiger partial charge in [0.2, 0.25) is 5.91 Å². The summed E-state index contributed by atoms with van der Waals surface area (Å²) in [6.45, 7) is 2.29. The van der Waals surface area contributed by atoms with Crippen LogP contribution in [0.3, 0.4) is 0 Å². The van der Waals surface area contributed by atoms with Crippen molar-refractivity contribution in [1.29, 1.82) is 0 Å². The van der Waals surface area contributed by atoms with Crippen LogP contribution in [-0.4, -0.2) is 46.7 Å². The highest BCUT2D eigenvalue weighted by Gasteiger charge is 2.40. The minimum atomic E-state index is -0.662. The zero-order chi connectivity index (χ0) is 16.6. The molecule has 2 aliphatic heterocycles. The Kier molecular flexibility index (Phi) is 3.85. The number of carbonyl (C=O) groups excluding carboxylic acids is 4. The molecule has 3 amide bonds. The number of hydrogen-bond donors (Lipinski definition) is 0. The van der Waals surface area contributed by atoms with Gasteiger partial charge in [0.05, 0.1) is 17.0 Å². The van der Waals surface area contributed by atoms with Crippen LogP contribution in [0.15, 0.2) is 24.3 Å². The third-order valence-electron chi connectivity index (χ3n) is 4.14. The third kappa shape index (κ3) is 2.69. The van der Waals surface area contributed by atoms with Crippen molar-refractivity contribution in [2.45, 2.75) is 19.8 Å².